The highest BCUT2D eigenvalue weighted by Crippen LogP contribution is 2.16. The van der Waals surface area contributed by atoms with Crippen molar-refractivity contribution in [2.75, 3.05) is 26.7 Å². The molecule has 2 rings (SSSR count). The van der Waals surface area contributed by atoms with Crippen LogP contribution in [0.2, 0.25) is 0 Å². The highest BCUT2D eigenvalue weighted by atomic mass is 16.5. The van der Waals surface area contributed by atoms with Gasteiger partial charge >= 0.3 is 0 Å². The molecule has 1 aliphatic heterocycles. The second kappa shape index (κ2) is 6.76. The molecular formula is C15H24N2O. The van der Waals surface area contributed by atoms with Crippen LogP contribution in [0, 0.1) is 0 Å². The Morgan fingerprint density at radius 2 is 1.89 bits per heavy atom. The van der Waals surface area contributed by atoms with E-state index in [0.717, 1.165) is 18.9 Å². The smallest absolute Gasteiger partial charge is 0.119 e. The van der Waals surface area contributed by atoms with Crippen molar-refractivity contribution in [1.82, 2.24) is 10.2 Å². The van der Waals surface area contributed by atoms with E-state index in [9.17, 15) is 0 Å². The number of piperidine rings is 1. The molecule has 0 atom stereocenters. The predicted molar refractivity (Wildman–Crippen MR) is 75.0 cm³/mol. The minimum atomic E-state index is 0.710. The Balaban J connectivity index is 1.82. The lowest BCUT2D eigenvalue weighted by atomic mass is 10.0. The van der Waals surface area contributed by atoms with E-state index in [1.54, 1.807) is 0 Å². The van der Waals surface area contributed by atoms with Crippen LogP contribution in [0.1, 0.15) is 25.3 Å². The maximum atomic E-state index is 5.46. The van der Waals surface area contributed by atoms with Crippen molar-refractivity contribution < 1.29 is 4.74 Å². The van der Waals surface area contributed by atoms with Gasteiger partial charge in [-0.3, -0.25) is 4.90 Å². The SMILES string of the molecule is CCOc1ccc(CN2CCC(NC)CC2)cc1. The molecule has 1 heterocycles. The monoisotopic (exact) mass is 248 g/mol. The van der Waals surface area contributed by atoms with Gasteiger partial charge < -0.3 is 10.1 Å². The molecule has 0 aliphatic carbocycles. The van der Waals surface area contributed by atoms with E-state index in [1.165, 1.54) is 31.5 Å². The lowest BCUT2D eigenvalue weighted by Crippen LogP contribution is -2.40. The van der Waals surface area contributed by atoms with Crippen LogP contribution < -0.4 is 10.1 Å². The zero-order chi connectivity index (χ0) is 12.8. The maximum Gasteiger partial charge on any atom is 0.119 e. The van der Waals surface area contributed by atoms with E-state index < -0.39 is 0 Å². The number of benzene rings is 1. The fourth-order valence-electron chi connectivity index (χ4n) is 2.50. The number of hydrogen-bond donors (Lipinski definition) is 1. The fourth-order valence-corrected chi connectivity index (χ4v) is 2.50. The highest BCUT2D eigenvalue weighted by Gasteiger charge is 2.17. The molecule has 0 bridgehead atoms. The molecule has 1 saturated heterocycles. The normalized spacial score (nSPS) is 17.9. The molecule has 0 radical (unpaired) electrons. The summed E-state index contributed by atoms with van der Waals surface area (Å²) >= 11 is 0. The summed E-state index contributed by atoms with van der Waals surface area (Å²) < 4.78 is 5.46. The molecule has 0 spiro atoms. The molecule has 3 heteroatoms. The molecule has 1 aliphatic rings. The van der Waals surface area contributed by atoms with Crippen LogP contribution in [-0.2, 0) is 6.54 Å². The summed E-state index contributed by atoms with van der Waals surface area (Å²) in [5, 5.41) is 3.37. The van der Waals surface area contributed by atoms with Gasteiger partial charge in [0.2, 0.25) is 0 Å². The zero-order valence-corrected chi connectivity index (χ0v) is 11.5. The van der Waals surface area contributed by atoms with Crippen LogP contribution in [0.4, 0.5) is 0 Å². The van der Waals surface area contributed by atoms with Crippen molar-refractivity contribution >= 4 is 0 Å². The van der Waals surface area contributed by atoms with Crippen LogP contribution in [0.3, 0.4) is 0 Å². The van der Waals surface area contributed by atoms with Crippen molar-refractivity contribution in [3.8, 4) is 5.75 Å². The van der Waals surface area contributed by atoms with Crippen LogP contribution in [0.25, 0.3) is 0 Å². The van der Waals surface area contributed by atoms with Gasteiger partial charge in [0.05, 0.1) is 6.61 Å². The van der Waals surface area contributed by atoms with E-state index in [2.05, 4.69) is 41.5 Å². The van der Waals surface area contributed by atoms with E-state index in [4.69, 9.17) is 4.74 Å². The van der Waals surface area contributed by atoms with Gasteiger partial charge in [0, 0.05) is 12.6 Å². The second-order valence-electron chi connectivity index (χ2n) is 4.92. The van der Waals surface area contributed by atoms with Crippen LogP contribution >= 0.6 is 0 Å². The molecule has 0 saturated carbocycles. The van der Waals surface area contributed by atoms with Gasteiger partial charge in [0.1, 0.15) is 5.75 Å². The fraction of sp³-hybridized carbons (Fsp3) is 0.600. The van der Waals surface area contributed by atoms with Crippen molar-refractivity contribution in [2.24, 2.45) is 0 Å². The van der Waals surface area contributed by atoms with Crippen LogP contribution in [-0.4, -0.2) is 37.7 Å². The lowest BCUT2D eigenvalue weighted by Gasteiger charge is -2.31. The molecule has 1 N–H and O–H groups in total. The van der Waals surface area contributed by atoms with E-state index in [-0.39, 0.29) is 0 Å². The van der Waals surface area contributed by atoms with E-state index in [1.807, 2.05) is 6.92 Å². The summed E-state index contributed by atoms with van der Waals surface area (Å²) in [6.07, 6.45) is 2.51. The third kappa shape index (κ3) is 3.72. The van der Waals surface area contributed by atoms with Crippen LogP contribution in [0.5, 0.6) is 5.75 Å². The molecule has 1 aromatic rings. The molecule has 1 aromatic carbocycles. The minimum Gasteiger partial charge on any atom is -0.494 e. The average Bonchev–Trinajstić information content (AvgIpc) is 2.42. The predicted octanol–water partition coefficient (Wildman–Crippen LogP) is 2.27. The molecule has 18 heavy (non-hydrogen) atoms. The minimum absolute atomic E-state index is 0.710. The van der Waals surface area contributed by atoms with Crippen molar-refractivity contribution in [1.29, 1.82) is 0 Å². The summed E-state index contributed by atoms with van der Waals surface area (Å²) in [4.78, 5) is 2.53. The first-order chi connectivity index (χ1) is 8.81. The summed E-state index contributed by atoms with van der Waals surface area (Å²) in [5.74, 6) is 0.968. The molecule has 1 fully saturated rings. The maximum absolute atomic E-state index is 5.46. The van der Waals surface area contributed by atoms with Gasteiger partial charge in [-0.25, -0.2) is 0 Å². The van der Waals surface area contributed by atoms with Gasteiger partial charge in [-0.05, 0) is 57.6 Å². The number of nitrogens with one attached hydrogen (secondary N) is 1. The largest absolute Gasteiger partial charge is 0.494 e. The molecule has 100 valence electrons. The first-order valence-electron chi connectivity index (χ1n) is 6.93. The van der Waals surface area contributed by atoms with Gasteiger partial charge in [-0.2, -0.15) is 0 Å². The topological polar surface area (TPSA) is 24.5 Å². The number of rotatable bonds is 5. The van der Waals surface area contributed by atoms with Crippen molar-refractivity contribution in [3.63, 3.8) is 0 Å². The van der Waals surface area contributed by atoms with Crippen molar-refractivity contribution in [3.05, 3.63) is 29.8 Å². The first-order valence-corrected chi connectivity index (χ1v) is 6.93. The number of nitrogens with zero attached hydrogens (tertiary/aromatic N) is 1. The number of likely N-dealkylation sites (tertiary alicyclic amines) is 1. The standard InChI is InChI=1S/C15H24N2O/c1-3-18-15-6-4-13(5-7-15)12-17-10-8-14(16-2)9-11-17/h4-7,14,16H,3,8-12H2,1-2H3. The molecule has 0 aromatic heterocycles. The third-order valence-electron chi connectivity index (χ3n) is 3.64. The van der Waals surface area contributed by atoms with Gasteiger partial charge in [-0.15, -0.1) is 0 Å². The van der Waals surface area contributed by atoms with Gasteiger partial charge in [-0.1, -0.05) is 12.1 Å². The second-order valence-corrected chi connectivity index (χ2v) is 4.92. The first kappa shape index (κ1) is 13.4. The van der Waals surface area contributed by atoms with Crippen LogP contribution in [0.15, 0.2) is 24.3 Å². The summed E-state index contributed by atoms with van der Waals surface area (Å²) in [5.41, 5.74) is 1.38. The van der Waals surface area contributed by atoms with Crippen molar-refractivity contribution in [2.45, 2.75) is 32.4 Å². The molecule has 0 unspecified atom stereocenters. The molecular weight excluding hydrogens is 224 g/mol. The number of hydrogen-bond acceptors (Lipinski definition) is 3. The Kier molecular flexibility index (Phi) is 5.02. The Morgan fingerprint density at radius 3 is 2.44 bits per heavy atom. The summed E-state index contributed by atoms with van der Waals surface area (Å²) in [6, 6.07) is 9.20. The average molecular weight is 248 g/mol. The zero-order valence-electron chi connectivity index (χ0n) is 11.5. The Hall–Kier alpha value is -1.06. The van der Waals surface area contributed by atoms with Gasteiger partial charge in [0.15, 0.2) is 0 Å². The van der Waals surface area contributed by atoms with Gasteiger partial charge in [0.25, 0.3) is 0 Å². The highest BCUT2D eigenvalue weighted by molar-refractivity contribution is 5.27. The lowest BCUT2D eigenvalue weighted by molar-refractivity contribution is 0.194. The Morgan fingerprint density at radius 1 is 1.22 bits per heavy atom. The summed E-state index contributed by atoms with van der Waals surface area (Å²) in [7, 11) is 2.06. The quantitative estimate of drug-likeness (QED) is 0.865. The Bertz CT molecular complexity index is 342. The molecule has 0 amide bonds. The van der Waals surface area contributed by atoms with E-state index in [0.29, 0.717) is 6.04 Å². The number of ether oxygens (including phenoxy) is 1. The van der Waals surface area contributed by atoms with E-state index >= 15 is 0 Å². The summed E-state index contributed by atoms with van der Waals surface area (Å²) in [6.45, 7) is 6.19. The Labute approximate surface area is 110 Å². The molecule has 3 nitrogen and oxygen atoms in total. The third-order valence-corrected chi connectivity index (χ3v) is 3.64.